The molecule has 3 aliphatic heterocycles. The van der Waals surface area contributed by atoms with Crippen LogP contribution < -0.4 is 5.73 Å². The third kappa shape index (κ3) is 2.90. The fourth-order valence-corrected chi connectivity index (χ4v) is 5.32. The van der Waals surface area contributed by atoms with Gasteiger partial charge in [-0.1, -0.05) is 42.5 Å². The van der Waals surface area contributed by atoms with E-state index < -0.39 is 5.92 Å². The van der Waals surface area contributed by atoms with Crippen molar-refractivity contribution in [2.45, 2.75) is 31.2 Å². The van der Waals surface area contributed by atoms with E-state index in [2.05, 4.69) is 6.07 Å². The molecular weight excluding hydrogens is 378 g/mol. The van der Waals surface area contributed by atoms with E-state index in [1.165, 1.54) is 5.56 Å². The Balaban J connectivity index is 1.56. The first-order valence-electron chi connectivity index (χ1n) is 10.6. The van der Waals surface area contributed by atoms with Gasteiger partial charge < -0.3 is 15.5 Å². The fourth-order valence-electron chi connectivity index (χ4n) is 5.32. The van der Waals surface area contributed by atoms with Crippen molar-refractivity contribution in [3.63, 3.8) is 0 Å². The first-order valence-corrected chi connectivity index (χ1v) is 10.6. The molecule has 3 aliphatic rings. The Morgan fingerprint density at radius 2 is 1.57 bits per heavy atom. The van der Waals surface area contributed by atoms with E-state index in [1.807, 2.05) is 52.3 Å². The molecule has 6 nitrogen and oxygen atoms in total. The van der Waals surface area contributed by atoms with E-state index in [1.54, 1.807) is 0 Å². The van der Waals surface area contributed by atoms with E-state index in [0.29, 0.717) is 38.0 Å². The summed E-state index contributed by atoms with van der Waals surface area (Å²) < 4.78 is 0. The number of fused-ring (bicyclic) bond motifs is 4. The largest absolute Gasteiger partial charge is 0.369 e. The van der Waals surface area contributed by atoms with Crippen LogP contribution in [0.2, 0.25) is 0 Å². The van der Waals surface area contributed by atoms with E-state index in [-0.39, 0.29) is 29.7 Å². The molecule has 2 N–H and O–H groups in total. The van der Waals surface area contributed by atoms with Gasteiger partial charge in [0.2, 0.25) is 11.8 Å². The summed E-state index contributed by atoms with van der Waals surface area (Å²) in [5.41, 5.74) is 9.17. The summed E-state index contributed by atoms with van der Waals surface area (Å²) in [4.78, 5) is 42.4. The molecule has 0 unspecified atom stereocenters. The highest BCUT2D eigenvalue weighted by molar-refractivity contribution is 6.01. The summed E-state index contributed by atoms with van der Waals surface area (Å²) in [7, 11) is 0. The molecule has 0 radical (unpaired) electrons. The number of piperidine rings is 1. The van der Waals surface area contributed by atoms with Crippen LogP contribution in [0.5, 0.6) is 0 Å². The zero-order valence-corrected chi connectivity index (χ0v) is 16.8. The van der Waals surface area contributed by atoms with E-state index in [0.717, 1.165) is 17.5 Å². The van der Waals surface area contributed by atoms with Crippen LogP contribution in [0.1, 0.15) is 51.8 Å². The fraction of sp³-hybridized carbons (Fsp3) is 0.375. The van der Waals surface area contributed by atoms with Gasteiger partial charge in [-0.2, -0.15) is 0 Å². The van der Waals surface area contributed by atoms with E-state index in [9.17, 15) is 14.4 Å². The lowest BCUT2D eigenvalue weighted by atomic mass is 9.75. The number of rotatable bonds is 2. The summed E-state index contributed by atoms with van der Waals surface area (Å²) in [6.45, 7) is 1.66. The molecule has 0 bridgehead atoms. The van der Waals surface area contributed by atoms with Gasteiger partial charge in [-0.05, 0) is 42.0 Å². The average Bonchev–Trinajstić information content (AvgIpc) is 2.79. The third-order valence-electron chi connectivity index (χ3n) is 6.91. The summed E-state index contributed by atoms with van der Waals surface area (Å²) >= 11 is 0. The summed E-state index contributed by atoms with van der Waals surface area (Å²) in [6.07, 6.45) is 1.99. The lowest BCUT2D eigenvalue weighted by Gasteiger charge is -2.46. The Hall–Kier alpha value is -3.15. The van der Waals surface area contributed by atoms with Crippen LogP contribution in [0.15, 0.2) is 48.5 Å². The molecule has 0 saturated carbocycles. The molecule has 0 spiro atoms. The SMILES string of the molecule is NC(=O)C1CCN(C(=O)[C@H]2c3ccccc3C(=O)N3CCc4ccccc4[C@H]23)CC1. The van der Waals surface area contributed by atoms with E-state index >= 15 is 0 Å². The topological polar surface area (TPSA) is 83.7 Å². The first kappa shape index (κ1) is 18.9. The highest BCUT2D eigenvalue weighted by atomic mass is 16.2. The second-order valence-electron chi connectivity index (χ2n) is 8.46. The molecule has 0 aromatic heterocycles. The predicted molar refractivity (Wildman–Crippen MR) is 112 cm³/mol. The number of carbonyl (C=O) groups is 3. The first-order chi connectivity index (χ1) is 14.6. The van der Waals surface area contributed by atoms with Gasteiger partial charge >= 0.3 is 0 Å². The van der Waals surface area contributed by atoms with Gasteiger partial charge in [0.1, 0.15) is 0 Å². The minimum absolute atomic E-state index is 0.00147. The molecule has 2 aromatic rings. The Morgan fingerprint density at radius 1 is 0.900 bits per heavy atom. The molecule has 3 heterocycles. The number of benzene rings is 2. The van der Waals surface area contributed by atoms with Gasteiger partial charge in [-0.3, -0.25) is 14.4 Å². The minimum Gasteiger partial charge on any atom is -0.369 e. The quantitative estimate of drug-likeness (QED) is 0.835. The highest BCUT2D eigenvalue weighted by Gasteiger charge is 2.47. The Bertz CT molecular complexity index is 1030. The van der Waals surface area contributed by atoms with Crippen molar-refractivity contribution in [2.75, 3.05) is 19.6 Å². The van der Waals surface area contributed by atoms with Crippen molar-refractivity contribution in [3.05, 3.63) is 70.8 Å². The van der Waals surface area contributed by atoms with Crippen LogP contribution >= 0.6 is 0 Å². The van der Waals surface area contributed by atoms with Crippen LogP contribution in [-0.2, 0) is 16.0 Å². The molecule has 154 valence electrons. The number of amides is 3. The molecule has 2 aromatic carbocycles. The molecule has 30 heavy (non-hydrogen) atoms. The molecule has 1 saturated heterocycles. The van der Waals surface area contributed by atoms with Crippen molar-refractivity contribution in [3.8, 4) is 0 Å². The maximum absolute atomic E-state index is 13.8. The zero-order chi connectivity index (χ0) is 20.8. The van der Waals surface area contributed by atoms with Crippen molar-refractivity contribution in [1.82, 2.24) is 9.80 Å². The number of likely N-dealkylation sites (tertiary alicyclic amines) is 1. The number of primary amides is 1. The van der Waals surface area contributed by atoms with Crippen LogP contribution in [0.25, 0.3) is 0 Å². The molecule has 2 atom stereocenters. The Labute approximate surface area is 175 Å². The zero-order valence-electron chi connectivity index (χ0n) is 16.8. The number of hydrogen-bond acceptors (Lipinski definition) is 3. The maximum atomic E-state index is 13.8. The van der Waals surface area contributed by atoms with Gasteiger partial charge in [0, 0.05) is 31.1 Å². The minimum atomic E-state index is -0.439. The predicted octanol–water partition coefficient (Wildman–Crippen LogP) is 2.25. The molecular formula is C24H25N3O3. The standard InChI is InChI=1S/C24H25N3O3/c25-22(28)16-9-12-26(13-10-16)24(30)20-18-7-3-4-8-19(18)23(29)27-14-11-15-5-1-2-6-17(15)21(20)27/h1-8,16,20-21H,9-14H2,(H2,25,28)/t20-,21+/m0/s1. The molecule has 5 rings (SSSR count). The monoisotopic (exact) mass is 403 g/mol. The van der Waals surface area contributed by atoms with Gasteiger partial charge in [0.15, 0.2) is 0 Å². The third-order valence-corrected chi connectivity index (χ3v) is 6.91. The lowest BCUT2D eigenvalue weighted by Crippen LogP contribution is -2.52. The van der Waals surface area contributed by atoms with Crippen LogP contribution in [0, 0.1) is 5.92 Å². The summed E-state index contributed by atoms with van der Waals surface area (Å²) in [5.74, 6) is -0.860. The van der Waals surface area contributed by atoms with Crippen LogP contribution in [-0.4, -0.2) is 47.2 Å². The Morgan fingerprint density at radius 3 is 2.30 bits per heavy atom. The van der Waals surface area contributed by atoms with Gasteiger partial charge in [-0.25, -0.2) is 0 Å². The average molecular weight is 403 g/mol. The second kappa shape index (κ2) is 7.27. The maximum Gasteiger partial charge on any atom is 0.254 e. The number of hydrogen-bond donors (Lipinski definition) is 1. The van der Waals surface area contributed by atoms with Crippen molar-refractivity contribution >= 4 is 17.7 Å². The van der Waals surface area contributed by atoms with E-state index in [4.69, 9.17) is 5.73 Å². The molecule has 0 aliphatic carbocycles. The van der Waals surface area contributed by atoms with Gasteiger partial charge in [-0.15, -0.1) is 0 Å². The number of nitrogens with zero attached hydrogens (tertiary/aromatic N) is 2. The Kier molecular flexibility index (Phi) is 4.57. The molecule has 6 heteroatoms. The number of nitrogens with two attached hydrogens (primary N) is 1. The highest BCUT2D eigenvalue weighted by Crippen LogP contribution is 2.46. The second-order valence-corrected chi connectivity index (χ2v) is 8.46. The van der Waals surface area contributed by atoms with Crippen molar-refractivity contribution < 1.29 is 14.4 Å². The van der Waals surface area contributed by atoms with Gasteiger partial charge in [0.05, 0.1) is 12.0 Å². The van der Waals surface area contributed by atoms with Gasteiger partial charge in [0.25, 0.3) is 5.91 Å². The van der Waals surface area contributed by atoms with Crippen molar-refractivity contribution in [1.29, 1.82) is 0 Å². The smallest absolute Gasteiger partial charge is 0.254 e. The van der Waals surface area contributed by atoms with Crippen molar-refractivity contribution in [2.24, 2.45) is 11.7 Å². The number of carbonyl (C=O) groups excluding carboxylic acids is 3. The normalized spacial score (nSPS) is 23.4. The summed E-state index contributed by atoms with van der Waals surface area (Å²) in [6, 6.07) is 15.3. The summed E-state index contributed by atoms with van der Waals surface area (Å²) in [5, 5.41) is 0. The van der Waals surface area contributed by atoms with Crippen LogP contribution in [0.3, 0.4) is 0 Å². The molecule has 1 fully saturated rings. The molecule has 3 amide bonds. The van der Waals surface area contributed by atoms with Crippen LogP contribution in [0.4, 0.5) is 0 Å². The lowest BCUT2D eigenvalue weighted by molar-refractivity contribution is -0.138.